The fraction of sp³-hybridized carbons (Fsp3) is 0.109. The molecule has 0 saturated carbocycles. The molecule has 4 N–H and O–H groups in total. The van der Waals surface area contributed by atoms with Crippen LogP contribution in [0.15, 0.2) is 172 Å². The number of rotatable bonds is 24. The Morgan fingerprint density at radius 3 is 1.27 bits per heavy atom. The van der Waals surface area contributed by atoms with Crippen molar-refractivity contribution in [3.05, 3.63) is 214 Å². The van der Waals surface area contributed by atoms with Gasteiger partial charge in [0.15, 0.2) is 0 Å². The van der Waals surface area contributed by atoms with E-state index < -0.39 is 40.1 Å². The van der Waals surface area contributed by atoms with Crippen molar-refractivity contribution in [3.8, 4) is 23.5 Å². The summed E-state index contributed by atoms with van der Waals surface area (Å²) in [5.74, 6) is 0.805. The molecule has 0 aliphatic heterocycles. The normalized spacial score (nSPS) is 11.4. The average molecular weight is 1640 g/mol. The summed E-state index contributed by atoms with van der Waals surface area (Å²) in [6, 6.07) is 25.6. The van der Waals surface area contributed by atoms with Gasteiger partial charge in [-0.3, -0.25) is 28.9 Å². The lowest BCUT2D eigenvalue weighted by molar-refractivity contribution is 0.261. The van der Waals surface area contributed by atoms with E-state index in [0.29, 0.717) is 45.9 Å². The van der Waals surface area contributed by atoms with Crippen molar-refractivity contribution in [2.45, 2.75) is 57.1 Å². The van der Waals surface area contributed by atoms with E-state index in [0.717, 1.165) is 50.9 Å². The van der Waals surface area contributed by atoms with Crippen molar-refractivity contribution in [1.29, 1.82) is 0 Å². The molecule has 99 heavy (non-hydrogen) atoms. The first-order valence-electron chi connectivity index (χ1n) is 26.9. The predicted octanol–water partition coefficient (Wildman–Crippen LogP) is 14.2. The number of hydrogen-bond acceptors (Lipinski definition) is 29. The largest absolute Gasteiger partial charge is 0.470 e. The van der Waals surface area contributed by atoms with Crippen LogP contribution in [0, 0.1) is 13.8 Å². The maximum atomic E-state index is 12.4. The van der Waals surface area contributed by atoms with E-state index in [4.69, 9.17) is 109 Å². The SMILES string of the molecule is Cc1cc(COc2ncc(Cl)nc2NS(=O)(=O)c2ccc(Cl)s2)no1.Cc1cnc(NS(=O)(=O)c2ccc(Cl)s2)c(OCc2cccnc2)n1.O=S(=O)(Nc1nc(Cl)cnc1OCc1ccccn1)c1ccc(Cl)s1.O=S(=O)(Nc1nc(Cl)cnc1OCc1ccco1)c1ccc(Cl)s1. The summed E-state index contributed by atoms with van der Waals surface area (Å²) in [6.07, 6.45) is 11.6. The molecule has 12 rings (SSSR count). The van der Waals surface area contributed by atoms with Crippen molar-refractivity contribution in [2.24, 2.45) is 0 Å². The van der Waals surface area contributed by atoms with Gasteiger partial charge in [0, 0.05) is 30.2 Å². The highest BCUT2D eigenvalue weighted by atomic mass is 35.5. The Hall–Kier alpha value is -7.86. The lowest BCUT2D eigenvalue weighted by Gasteiger charge is -2.11. The highest BCUT2D eigenvalue weighted by Crippen LogP contribution is 2.35. The smallest absolute Gasteiger partial charge is 0.272 e. The minimum absolute atomic E-state index is 0.00606. The number of nitrogens with one attached hydrogen (secondary N) is 4. The van der Waals surface area contributed by atoms with Crippen LogP contribution in [0.1, 0.15) is 34.2 Å². The van der Waals surface area contributed by atoms with Gasteiger partial charge in [-0.05, 0) is 92.7 Å². The number of aromatic nitrogens is 11. The molecule has 518 valence electrons. The first-order chi connectivity index (χ1) is 47.1. The van der Waals surface area contributed by atoms with Crippen LogP contribution in [0.5, 0.6) is 23.5 Å². The Labute approximate surface area is 614 Å². The van der Waals surface area contributed by atoms with Gasteiger partial charge in [-0.25, -0.2) is 73.5 Å². The first-order valence-corrected chi connectivity index (χ1v) is 38.8. The number of ether oxygens (including phenoxy) is 4. The van der Waals surface area contributed by atoms with E-state index >= 15 is 0 Å². The number of pyridine rings is 2. The highest BCUT2D eigenvalue weighted by molar-refractivity contribution is 7.95. The maximum absolute atomic E-state index is 12.4. The van der Waals surface area contributed by atoms with E-state index in [1.54, 1.807) is 68.8 Å². The Bertz CT molecular complexity index is 5190. The third-order valence-electron chi connectivity index (χ3n) is 11.3. The molecule has 0 unspecified atom stereocenters. The van der Waals surface area contributed by atoms with Gasteiger partial charge in [0.25, 0.3) is 63.6 Å². The maximum Gasteiger partial charge on any atom is 0.272 e. The van der Waals surface area contributed by atoms with Crippen LogP contribution >= 0.6 is 127 Å². The lowest BCUT2D eigenvalue weighted by Crippen LogP contribution is -2.14. The Balaban J connectivity index is 0.000000154. The van der Waals surface area contributed by atoms with Crippen molar-refractivity contribution in [3.63, 3.8) is 0 Å². The molecule has 0 radical (unpaired) electrons. The summed E-state index contributed by atoms with van der Waals surface area (Å²) in [5.41, 5.74) is 2.60. The van der Waals surface area contributed by atoms with Crippen molar-refractivity contribution >= 4 is 190 Å². The predicted molar refractivity (Wildman–Crippen MR) is 374 cm³/mol. The van der Waals surface area contributed by atoms with Gasteiger partial charge in [-0.2, -0.15) is 0 Å². The molecule has 0 aliphatic rings. The van der Waals surface area contributed by atoms with Crippen LogP contribution in [0.2, 0.25) is 32.8 Å². The van der Waals surface area contributed by atoms with Gasteiger partial charge in [-0.15, -0.1) is 45.3 Å². The zero-order valence-corrected chi connectivity index (χ0v) is 61.6. The second kappa shape index (κ2) is 34.5. The Morgan fingerprint density at radius 1 is 0.424 bits per heavy atom. The molecule has 0 atom stereocenters. The van der Waals surface area contributed by atoms with Crippen LogP contribution in [0.4, 0.5) is 23.3 Å². The van der Waals surface area contributed by atoms with Crippen molar-refractivity contribution in [1.82, 2.24) is 55.0 Å². The number of thiophene rings is 4. The third-order valence-corrected chi connectivity index (χ3v) is 24.1. The fourth-order valence-electron chi connectivity index (χ4n) is 7.11. The highest BCUT2D eigenvalue weighted by Gasteiger charge is 2.26. The van der Waals surface area contributed by atoms with E-state index in [-0.39, 0.29) is 106 Å². The van der Waals surface area contributed by atoms with Gasteiger partial charge < -0.3 is 27.9 Å². The number of anilines is 4. The molecule has 44 heteroatoms. The average Bonchev–Trinajstić information content (AvgIpc) is 1.84. The number of halogens is 7. The molecule has 0 saturated heterocycles. The topological polar surface area (TPSA) is 390 Å². The molecule has 12 aromatic rings. The second-order valence-electron chi connectivity index (χ2n) is 18.7. The monoisotopic (exact) mass is 1640 g/mol. The van der Waals surface area contributed by atoms with Crippen LogP contribution in [-0.2, 0) is 66.5 Å². The molecule has 12 heterocycles. The van der Waals surface area contributed by atoms with Gasteiger partial charge in [-0.1, -0.05) is 98.5 Å². The summed E-state index contributed by atoms with van der Waals surface area (Å²) < 4.78 is 142. The lowest BCUT2D eigenvalue weighted by atomic mass is 10.3. The summed E-state index contributed by atoms with van der Waals surface area (Å²) in [5, 5.41) is 3.82. The molecule has 29 nitrogen and oxygen atoms in total. The molecule has 0 aromatic carbocycles. The number of aryl methyl sites for hydroxylation is 2. The fourth-order valence-corrected chi connectivity index (χ4v) is 17.5. The number of hydrogen-bond donors (Lipinski definition) is 4. The van der Waals surface area contributed by atoms with Crippen molar-refractivity contribution in [2.75, 3.05) is 18.9 Å². The van der Waals surface area contributed by atoms with Crippen LogP contribution in [-0.4, -0.2) is 88.7 Å². The van der Waals surface area contributed by atoms with E-state index in [9.17, 15) is 33.7 Å². The second-order valence-corrected chi connectivity index (χ2v) is 34.4. The quantitative estimate of drug-likeness (QED) is 0.0436. The zero-order valence-electron chi connectivity index (χ0n) is 49.7. The van der Waals surface area contributed by atoms with Crippen LogP contribution in [0.25, 0.3) is 0 Å². The molecule has 0 fully saturated rings. The zero-order chi connectivity index (χ0) is 70.9. The molecule has 0 aliphatic carbocycles. The summed E-state index contributed by atoms with van der Waals surface area (Å²) in [4.78, 5) is 40.1. The number of sulfonamides is 4. The Kier molecular flexibility index (Phi) is 26.2. The van der Waals surface area contributed by atoms with Gasteiger partial charge in [0.2, 0.25) is 23.3 Å². The van der Waals surface area contributed by atoms with E-state index in [1.807, 2.05) is 12.1 Å². The summed E-state index contributed by atoms with van der Waals surface area (Å²) in [7, 11) is -15.5. The molecule has 0 bridgehead atoms. The standard InChI is InChI=1S/C15H13ClN4O3S2.C14H10Cl2N4O3S2.C13H10Cl2N4O4S2.C13H9Cl2N3O4S2/c1-10-7-18-14(20-25(21,22)13-5-4-12(16)24-13)15(19-10)23-9-11-3-2-6-17-8-11;15-10-7-18-14(23-8-9-3-1-2-6-17-9)13(19-10)20-25(21,22)12-5-4-11(16)24-12;1-7-4-8(18-23-7)6-22-13-12(17-9(14)5-16-13)19-25(20,21)11-3-2-10(15)24-11;14-9-6-16-13(22-7-8-2-1-5-21-8)12(17-9)18-24(19,20)11-4-3-10(15)23-11/h2-8H,9H2,1H3,(H,18,20);1-7H,8H2,(H,19,20);2-5H,6H2,1H3,(H,17,19);1-6H,7H2,(H,17,18). The molecule has 0 spiro atoms. The van der Waals surface area contributed by atoms with Gasteiger partial charge >= 0.3 is 0 Å². The number of nitrogens with zero attached hydrogens (tertiary/aromatic N) is 11. The van der Waals surface area contributed by atoms with Crippen molar-refractivity contribution < 1.29 is 61.6 Å². The number of furan rings is 1. The minimum Gasteiger partial charge on any atom is -0.470 e. The van der Waals surface area contributed by atoms with Gasteiger partial charge in [0.1, 0.15) is 75.9 Å². The summed E-state index contributed by atoms with van der Waals surface area (Å²) in [6.45, 7) is 3.84. The molecule has 12 aromatic heterocycles. The van der Waals surface area contributed by atoms with Gasteiger partial charge in [0.05, 0.1) is 59.8 Å². The van der Waals surface area contributed by atoms with E-state index in [2.05, 4.69) is 73.9 Å². The summed E-state index contributed by atoms with van der Waals surface area (Å²) >= 11 is 44.3. The minimum atomic E-state index is -3.90. The molecular weight excluding hydrogens is 1600 g/mol. The van der Waals surface area contributed by atoms with Crippen LogP contribution in [0.3, 0.4) is 0 Å². The molecule has 0 amide bonds. The molecular formula is C55H42Cl7N15O14S8. The third kappa shape index (κ3) is 22.6. The van der Waals surface area contributed by atoms with Crippen LogP contribution < -0.4 is 37.8 Å². The first kappa shape index (κ1) is 75.3. The Morgan fingerprint density at radius 2 is 0.879 bits per heavy atom. The van der Waals surface area contributed by atoms with E-state index in [1.165, 1.54) is 79.6 Å².